The van der Waals surface area contributed by atoms with Crippen LogP contribution < -0.4 is 10.1 Å². The third-order valence-corrected chi connectivity index (χ3v) is 3.50. The van der Waals surface area contributed by atoms with Crippen molar-refractivity contribution in [3.05, 3.63) is 33.9 Å². The van der Waals surface area contributed by atoms with Gasteiger partial charge in [0.05, 0.1) is 11.5 Å². The molecule has 1 aromatic carbocycles. The molecular formula is C16H24N2O3. The highest BCUT2D eigenvalue weighted by atomic mass is 16.6. The normalized spacial score (nSPS) is 15.0. The van der Waals surface area contributed by atoms with Crippen LogP contribution in [0.3, 0.4) is 0 Å². The van der Waals surface area contributed by atoms with Gasteiger partial charge in [0.25, 0.3) is 0 Å². The van der Waals surface area contributed by atoms with Crippen LogP contribution in [0.15, 0.2) is 18.2 Å². The molecule has 0 unspecified atom stereocenters. The summed E-state index contributed by atoms with van der Waals surface area (Å²) in [7, 11) is 0. The molecule has 1 aliphatic carbocycles. The molecule has 116 valence electrons. The standard InChI is InChI=1S/C16H24N2O3/c1-16(2,3)8-9-21-15-7-4-12(10-14(15)18(19)20)11-17-13-5-6-13/h4,7,10,13,17H,5-6,8-9,11H2,1-3H3. The van der Waals surface area contributed by atoms with Gasteiger partial charge >= 0.3 is 5.69 Å². The molecule has 0 aromatic heterocycles. The Bertz CT molecular complexity index is 505. The van der Waals surface area contributed by atoms with E-state index >= 15 is 0 Å². The van der Waals surface area contributed by atoms with Gasteiger partial charge in [0.15, 0.2) is 5.75 Å². The highest BCUT2D eigenvalue weighted by molar-refractivity contribution is 5.48. The predicted octanol–water partition coefficient (Wildman–Crippen LogP) is 3.66. The number of nitro benzene ring substituents is 1. The van der Waals surface area contributed by atoms with E-state index in [-0.39, 0.29) is 16.0 Å². The van der Waals surface area contributed by atoms with Gasteiger partial charge in [-0.25, -0.2) is 0 Å². The lowest BCUT2D eigenvalue weighted by molar-refractivity contribution is -0.385. The molecule has 21 heavy (non-hydrogen) atoms. The summed E-state index contributed by atoms with van der Waals surface area (Å²) in [6.07, 6.45) is 3.27. The van der Waals surface area contributed by atoms with Crippen LogP contribution in [-0.2, 0) is 6.54 Å². The maximum Gasteiger partial charge on any atom is 0.311 e. The van der Waals surface area contributed by atoms with Gasteiger partial charge in [0.2, 0.25) is 0 Å². The van der Waals surface area contributed by atoms with E-state index in [0.29, 0.717) is 24.9 Å². The van der Waals surface area contributed by atoms with E-state index in [1.807, 2.05) is 6.07 Å². The van der Waals surface area contributed by atoms with E-state index in [2.05, 4.69) is 26.1 Å². The van der Waals surface area contributed by atoms with Gasteiger partial charge in [-0.1, -0.05) is 26.8 Å². The molecule has 0 atom stereocenters. The first-order chi connectivity index (χ1) is 9.85. The first kappa shape index (κ1) is 15.8. The average molecular weight is 292 g/mol. The van der Waals surface area contributed by atoms with E-state index < -0.39 is 0 Å². The van der Waals surface area contributed by atoms with E-state index in [9.17, 15) is 10.1 Å². The molecule has 2 rings (SSSR count). The Hall–Kier alpha value is -1.62. The molecule has 0 aliphatic heterocycles. The Kier molecular flexibility index (Phi) is 4.83. The fourth-order valence-electron chi connectivity index (χ4n) is 1.95. The van der Waals surface area contributed by atoms with Crippen molar-refractivity contribution in [3.63, 3.8) is 0 Å². The molecule has 0 bridgehead atoms. The molecule has 0 radical (unpaired) electrons. The summed E-state index contributed by atoms with van der Waals surface area (Å²) >= 11 is 0. The Balaban J connectivity index is 2.00. The second kappa shape index (κ2) is 6.43. The molecule has 0 spiro atoms. The largest absolute Gasteiger partial charge is 0.487 e. The van der Waals surface area contributed by atoms with Crippen molar-refractivity contribution in [3.8, 4) is 5.75 Å². The van der Waals surface area contributed by atoms with E-state index in [1.54, 1.807) is 12.1 Å². The molecule has 0 amide bonds. The van der Waals surface area contributed by atoms with Crippen molar-refractivity contribution in [1.29, 1.82) is 0 Å². The Morgan fingerprint density at radius 1 is 1.38 bits per heavy atom. The van der Waals surface area contributed by atoms with Gasteiger partial charge in [-0.15, -0.1) is 0 Å². The number of hydrogen-bond acceptors (Lipinski definition) is 4. The van der Waals surface area contributed by atoms with Crippen LogP contribution in [0.5, 0.6) is 5.75 Å². The summed E-state index contributed by atoms with van der Waals surface area (Å²) in [4.78, 5) is 10.8. The third kappa shape index (κ3) is 5.34. The van der Waals surface area contributed by atoms with E-state index in [4.69, 9.17) is 4.74 Å². The Morgan fingerprint density at radius 2 is 2.10 bits per heavy atom. The van der Waals surface area contributed by atoms with Crippen molar-refractivity contribution >= 4 is 5.69 Å². The van der Waals surface area contributed by atoms with Crippen LogP contribution in [0.4, 0.5) is 5.69 Å². The van der Waals surface area contributed by atoms with Crippen LogP contribution in [-0.4, -0.2) is 17.6 Å². The molecule has 1 saturated carbocycles. The molecule has 1 aliphatic rings. The predicted molar refractivity (Wildman–Crippen MR) is 82.5 cm³/mol. The molecule has 0 saturated heterocycles. The molecule has 5 heteroatoms. The van der Waals surface area contributed by atoms with Crippen LogP contribution in [0.1, 0.15) is 45.6 Å². The maximum absolute atomic E-state index is 11.2. The van der Waals surface area contributed by atoms with Gasteiger partial charge in [-0.05, 0) is 36.3 Å². The topological polar surface area (TPSA) is 64.4 Å². The van der Waals surface area contributed by atoms with E-state index in [1.165, 1.54) is 12.8 Å². The SMILES string of the molecule is CC(C)(C)CCOc1ccc(CNC2CC2)cc1[N+](=O)[O-]. The van der Waals surface area contributed by atoms with Crippen molar-refractivity contribution in [2.24, 2.45) is 5.41 Å². The molecule has 0 heterocycles. The zero-order valence-corrected chi connectivity index (χ0v) is 13.0. The van der Waals surface area contributed by atoms with Crippen LogP contribution in [0.2, 0.25) is 0 Å². The highest BCUT2D eigenvalue weighted by Crippen LogP contribution is 2.29. The number of nitro groups is 1. The van der Waals surface area contributed by atoms with Gasteiger partial charge in [-0.3, -0.25) is 10.1 Å². The highest BCUT2D eigenvalue weighted by Gasteiger charge is 2.21. The lowest BCUT2D eigenvalue weighted by Gasteiger charge is -2.18. The smallest absolute Gasteiger partial charge is 0.311 e. The number of ether oxygens (including phenoxy) is 1. The number of benzene rings is 1. The lowest BCUT2D eigenvalue weighted by Crippen LogP contribution is -2.15. The summed E-state index contributed by atoms with van der Waals surface area (Å²) in [6, 6.07) is 5.81. The number of hydrogen-bond donors (Lipinski definition) is 1. The van der Waals surface area contributed by atoms with Gasteiger partial charge in [0.1, 0.15) is 0 Å². The Labute approximate surface area is 125 Å². The zero-order chi connectivity index (χ0) is 15.5. The third-order valence-electron chi connectivity index (χ3n) is 3.50. The number of rotatable bonds is 7. The van der Waals surface area contributed by atoms with Crippen molar-refractivity contribution in [2.45, 2.75) is 52.6 Å². The van der Waals surface area contributed by atoms with Gasteiger partial charge < -0.3 is 10.1 Å². The molecular weight excluding hydrogens is 268 g/mol. The summed E-state index contributed by atoms with van der Waals surface area (Å²) in [5.41, 5.74) is 1.14. The number of nitrogens with one attached hydrogen (secondary N) is 1. The summed E-state index contributed by atoms with van der Waals surface area (Å²) < 4.78 is 5.61. The minimum atomic E-state index is -0.368. The average Bonchev–Trinajstić information content (AvgIpc) is 3.19. The number of nitrogens with zero attached hydrogens (tertiary/aromatic N) is 1. The first-order valence-corrected chi connectivity index (χ1v) is 7.49. The Morgan fingerprint density at radius 3 is 2.67 bits per heavy atom. The van der Waals surface area contributed by atoms with Crippen LogP contribution >= 0.6 is 0 Å². The molecule has 1 N–H and O–H groups in total. The van der Waals surface area contributed by atoms with Crippen LogP contribution in [0, 0.1) is 15.5 Å². The molecule has 1 aromatic rings. The minimum absolute atomic E-state index is 0.0546. The van der Waals surface area contributed by atoms with Gasteiger partial charge in [-0.2, -0.15) is 0 Å². The van der Waals surface area contributed by atoms with Crippen molar-refractivity contribution < 1.29 is 9.66 Å². The second-order valence-corrected chi connectivity index (χ2v) is 6.87. The fraction of sp³-hybridized carbons (Fsp3) is 0.625. The fourth-order valence-corrected chi connectivity index (χ4v) is 1.95. The molecule has 5 nitrogen and oxygen atoms in total. The van der Waals surface area contributed by atoms with Crippen molar-refractivity contribution in [2.75, 3.05) is 6.61 Å². The lowest BCUT2D eigenvalue weighted by atomic mass is 9.93. The second-order valence-electron chi connectivity index (χ2n) is 6.87. The zero-order valence-electron chi connectivity index (χ0n) is 13.0. The minimum Gasteiger partial charge on any atom is -0.487 e. The quantitative estimate of drug-likeness (QED) is 0.615. The first-order valence-electron chi connectivity index (χ1n) is 7.49. The van der Waals surface area contributed by atoms with Crippen LogP contribution in [0.25, 0.3) is 0 Å². The van der Waals surface area contributed by atoms with Crippen molar-refractivity contribution in [1.82, 2.24) is 5.32 Å². The summed E-state index contributed by atoms with van der Waals surface area (Å²) in [6.45, 7) is 7.53. The summed E-state index contributed by atoms with van der Waals surface area (Å²) in [5, 5.41) is 14.5. The molecule has 1 fully saturated rings. The van der Waals surface area contributed by atoms with Gasteiger partial charge in [0, 0.05) is 18.7 Å². The summed E-state index contributed by atoms with van der Waals surface area (Å²) in [5.74, 6) is 0.361. The maximum atomic E-state index is 11.2. The monoisotopic (exact) mass is 292 g/mol. The van der Waals surface area contributed by atoms with E-state index in [0.717, 1.165) is 12.0 Å².